The molecule has 0 atom stereocenters. The fourth-order valence-corrected chi connectivity index (χ4v) is 4.50. The molecule has 0 bridgehead atoms. The number of aliphatic imine (C=N–C) groups is 1. The van der Waals surface area contributed by atoms with E-state index >= 15 is 0 Å². The third-order valence-electron chi connectivity index (χ3n) is 4.86. The molecule has 2 amide bonds. The normalized spacial score (nSPS) is 16.2. The molecule has 2 aromatic carbocycles. The van der Waals surface area contributed by atoms with Gasteiger partial charge < -0.3 is 10.2 Å². The van der Waals surface area contributed by atoms with E-state index in [0.29, 0.717) is 26.5 Å². The summed E-state index contributed by atoms with van der Waals surface area (Å²) in [5.41, 5.74) is 2.98. The van der Waals surface area contributed by atoms with Crippen molar-refractivity contribution in [3.63, 3.8) is 0 Å². The van der Waals surface area contributed by atoms with Gasteiger partial charge in [-0.3, -0.25) is 14.6 Å². The average molecular weight is 465 g/mol. The zero-order valence-corrected chi connectivity index (χ0v) is 19.4. The lowest BCUT2D eigenvalue weighted by atomic mass is 10.1. The second kappa shape index (κ2) is 9.14. The molecule has 1 aromatic heterocycles. The zero-order valence-electron chi connectivity index (χ0n) is 17.8. The number of nitrogens with one attached hydrogen (secondary N) is 1. The van der Waals surface area contributed by atoms with E-state index in [0.717, 1.165) is 16.5 Å². The van der Waals surface area contributed by atoms with Gasteiger partial charge in [-0.05, 0) is 73.6 Å². The van der Waals surface area contributed by atoms with Gasteiger partial charge in [0, 0.05) is 30.2 Å². The van der Waals surface area contributed by atoms with Crippen molar-refractivity contribution < 1.29 is 9.59 Å². The van der Waals surface area contributed by atoms with Crippen molar-refractivity contribution in [3.05, 3.63) is 70.2 Å². The summed E-state index contributed by atoms with van der Waals surface area (Å²) in [6, 6.07) is 14.9. The maximum atomic E-state index is 12.5. The lowest BCUT2D eigenvalue weighted by molar-refractivity contribution is -0.117. The Labute approximate surface area is 195 Å². The summed E-state index contributed by atoms with van der Waals surface area (Å²) >= 11 is 7.59. The van der Waals surface area contributed by atoms with Gasteiger partial charge in [-0.25, -0.2) is 4.99 Å². The number of nitrogens with zero attached hydrogens (tertiary/aromatic N) is 3. The molecule has 8 heteroatoms. The lowest BCUT2D eigenvalue weighted by Gasteiger charge is -2.25. The molecule has 1 fully saturated rings. The third-order valence-corrected chi connectivity index (χ3v) is 6.09. The van der Waals surface area contributed by atoms with Crippen molar-refractivity contribution in [2.24, 2.45) is 4.99 Å². The van der Waals surface area contributed by atoms with Crippen molar-refractivity contribution in [2.75, 3.05) is 4.90 Å². The van der Waals surface area contributed by atoms with Gasteiger partial charge in [0.25, 0.3) is 5.91 Å². The number of carbonyl (C=O) groups is 2. The minimum Gasteiger partial charge on any atom is -0.310 e. The smallest absolute Gasteiger partial charge is 0.264 e. The lowest BCUT2D eigenvalue weighted by Crippen LogP contribution is -2.35. The molecule has 0 spiro atoms. The molecule has 162 valence electrons. The predicted octanol–water partition coefficient (Wildman–Crippen LogP) is 5.54. The molecule has 1 aliphatic heterocycles. The van der Waals surface area contributed by atoms with Crippen LogP contribution in [0.2, 0.25) is 5.02 Å². The molecule has 0 radical (unpaired) electrons. The molecule has 0 aliphatic carbocycles. The number of pyridine rings is 1. The van der Waals surface area contributed by atoms with E-state index in [2.05, 4.69) is 15.3 Å². The van der Waals surface area contributed by atoms with E-state index in [4.69, 9.17) is 11.6 Å². The Morgan fingerprint density at radius 2 is 2.03 bits per heavy atom. The molecule has 0 saturated carbocycles. The number of amides is 2. The molecular formula is C24H21ClN4O2S. The van der Waals surface area contributed by atoms with Gasteiger partial charge in [0.05, 0.1) is 21.1 Å². The molecule has 4 rings (SSSR count). The van der Waals surface area contributed by atoms with Crippen LogP contribution < -0.4 is 10.2 Å². The van der Waals surface area contributed by atoms with Crippen LogP contribution in [0.5, 0.6) is 0 Å². The summed E-state index contributed by atoms with van der Waals surface area (Å²) in [7, 11) is 0. The molecule has 0 unspecified atom stereocenters. The van der Waals surface area contributed by atoms with Crippen molar-refractivity contribution in [2.45, 2.75) is 26.8 Å². The van der Waals surface area contributed by atoms with E-state index in [9.17, 15) is 9.59 Å². The van der Waals surface area contributed by atoms with Crippen molar-refractivity contribution in [1.29, 1.82) is 0 Å². The Hall–Kier alpha value is -3.16. The molecule has 2 heterocycles. The Balaban J connectivity index is 1.62. The first-order chi connectivity index (χ1) is 15.3. The van der Waals surface area contributed by atoms with Gasteiger partial charge in [-0.2, -0.15) is 0 Å². The highest BCUT2D eigenvalue weighted by molar-refractivity contribution is 8.18. The fraction of sp³-hybridized carbons (Fsp3) is 0.167. The number of thioether (sulfide) groups is 1. The van der Waals surface area contributed by atoms with E-state index in [1.165, 1.54) is 18.7 Å². The molecular weight excluding hydrogens is 444 g/mol. The van der Waals surface area contributed by atoms with Crippen molar-refractivity contribution in [1.82, 2.24) is 10.3 Å². The summed E-state index contributed by atoms with van der Waals surface area (Å²) in [4.78, 5) is 35.6. The second-order valence-corrected chi connectivity index (χ2v) is 8.99. The maximum Gasteiger partial charge on any atom is 0.264 e. The Morgan fingerprint density at radius 1 is 1.22 bits per heavy atom. The third kappa shape index (κ3) is 4.69. The number of fused-ring (bicyclic) bond motifs is 1. The van der Waals surface area contributed by atoms with Gasteiger partial charge in [0.2, 0.25) is 5.91 Å². The van der Waals surface area contributed by atoms with E-state index in [1.807, 2.05) is 50.3 Å². The van der Waals surface area contributed by atoms with Gasteiger partial charge in [-0.1, -0.05) is 23.7 Å². The first kappa shape index (κ1) is 22.0. The number of benzene rings is 2. The molecule has 1 saturated heterocycles. The minimum absolute atomic E-state index is 0.0126. The minimum atomic E-state index is -0.222. The summed E-state index contributed by atoms with van der Waals surface area (Å²) in [6.45, 7) is 5.40. The maximum absolute atomic E-state index is 12.5. The van der Waals surface area contributed by atoms with E-state index in [-0.39, 0.29) is 17.9 Å². The summed E-state index contributed by atoms with van der Waals surface area (Å²) in [5, 5.41) is 4.65. The molecule has 1 aliphatic rings. The van der Waals surface area contributed by atoms with Crippen LogP contribution in [0.25, 0.3) is 17.0 Å². The average Bonchev–Trinajstić information content (AvgIpc) is 3.08. The van der Waals surface area contributed by atoms with Gasteiger partial charge in [-0.15, -0.1) is 0 Å². The summed E-state index contributed by atoms with van der Waals surface area (Å²) in [5.74, 6) is -0.292. The number of anilines is 1. The fourth-order valence-electron chi connectivity index (χ4n) is 3.51. The number of rotatable bonds is 4. The zero-order chi connectivity index (χ0) is 22.8. The molecule has 3 aromatic rings. The van der Waals surface area contributed by atoms with Gasteiger partial charge >= 0.3 is 0 Å². The first-order valence-electron chi connectivity index (χ1n) is 10.1. The number of hydrogen-bond acceptors (Lipinski definition) is 5. The van der Waals surface area contributed by atoms with Crippen LogP contribution in [-0.4, -0.2) is 28.0 Å². The highest BCUT2D eigenvalue weighted by atomic mass is 35.5. The Kier molecular flexibility index (Phi) is 6.30. The number of aromatic nitrogens is 1. The number of amidine groups is 1. The van der Waals surface area contributed by atoms with Crippen LogP contribution in [0.1, 0.15) is 26.3 Å². The van der Waals surface area contributed by atoms with Gasteiger partial charge in [0.1, 0.15) is 0 Å². The predicted molar refractivity (Wildman–Crippen MR) is 132 cm³/mol. The second-order valence-electron chi connectivity index (χ2n) is 7.56. The van der Waals surface area contributed by atoms with E-state index < -0.39 is 0 Å². The monoisotopic (exact) mass is 464 g/mol. The number of halogens is 1. The van der Waals surface area contributed by atoms with Gasteiger partial charge in [0.15, 0.2) is 5.17 Å². The Morgan fingerprint density at radius 3 is 2.78 bits per heavy atom. The van der Waals surface area contributed by atoms with Crippen LogP contribution >= 0.6 is 23.4 Å². The first-order valence-corrected chi connectivity index (χ1v) is 11.2. The standard InChI is InChI=1S/C24H21ClN4O2S/c1-14(2)29(15(3)30)18-7-8-19(25)21(13-18)27-24-28-23(31)22(32-24)12-16-6-9-20-17(11-16)5-4-10-26-20/h4-14H,1-3H3,(H,27,28,31)/b22-12-. The van der Waals surface area contributed by atoms with Crippen LogP contribution in [0.15, 0.2) is 64.6 Å². The number of carbonyl (C=O) groups excluding carboxylic acids is 2. The van der Waals surface area contributed by atoms with Crippen LogP contribution in [-0.2, 0) is 9.59 Å². The van der Waals surface area contributed by atoms with Crippen molar-refractivity contribution in [3.8, 4) is 0 Å². The van der Waals surface area contributed by atoms with E-state index in [1.54, 1.807) is 29.3 Å². The van der Waals surface area contributed by atoms with Crippen LogP contribution in [0, 0.1) is 0 Å². The molecule has 6 nitrogen and oxygen atoms in total. The highest BCUT2D eigenvalue weighted by Gasteiger charge is 2.24. The Bertz CT molecular complexity index is 1290. The van der Waals surface area contributed by atoms with Crippen LogP contribution in [0.3, 0.4) is 0 Å². The highest BCUT2D eigenvalue weighted by Crippen LogP contribution is 2.34. The molecule has 32 heavy (non-hydrogen) atoms. The summed E-state index contributed by atoms with van der Waals surface area (Å²) in [6.07, 6.45) is 3.57. The molecule has 1 N–H and O–H groups in total. The quantitative estimate of drug-likeness (QED) is 0.514. The van der Waals surface area contributed by atoms with Crippen LogP contribution in [0.4, 0.5) is 11.4 Å². The number of hydrogen-bond donors (Lipinski definition) is 1. The summed E-state index contributed by atoms with van der Waals surface area (Å²) < 4.78 is 0. The SMILES string of the molecule is CC(=O)N(c1ccc(Cl)c(N=C2NC(=O)/C(=C/c3ccc4ncccc4c3)S2)c1)C(C)C. The topological polar surface area (TPSA) is 74.7 Å². The van der Waals surface area contributed by atoms with Crippen molar-refractivity contribution >= 4 is 68.7 Å². The largest absolute Gasteiger partial charge is 0.310 e.